The minimum atomic E-state index is -0.557. The van der Waals surface area contributed by atoms with Crippen LogP contribution in [0.25, 0.3) is 0 Å². The van der Waals surface area contributed by atoms with Gasteiger partial charge in [0.05, 0.1) is 5.56 Å². The van der Waals surface area contributed by atoms with Crippen molar-refractivity contribution in [2.24, 2.45) is 0 Å². The Labute approximate surface area is 104 Å². The van der Waals surface area contributed by atoms with Gasteiger partial charge in [0, 0.05) is 16.8 Å². The summed E-state index contributed by atoms with van der Waals surface area (Å²) in [6.45, 7) is 2.49. The highest BCUT2D eigenvalue weighted by Crippen LogP contribution is 2.14. The number of rotatable bonds is 4. The molecule has 1 aromatic rings. The van der Waals surface area contributed by atoms with E-state index < -0.39 is 11.7 Å². The van der Waals surface area contributed by atoms with E-state index in [1.54, 1.807) is 11.8 Å². The van der Waals surface area contributed by atoms with E-state index in [-0.39, 0.29) is 5.56 Å². The molecule has 1 atom stereocenters. The maximum absolute atomic E-state index is 13.3. The number of thioether (sulfide) groups is 1. The Hall–Kier alpha value is -0.740. The van der Waals surface area contributed by atoms with Gasteiger partial charge in [-0.25, -0.2) is 4.39 Å². The molecule has 0 radical (unpaired) electrons. The summed E-state index contributed by atoms with van der Waals surface area (Å²) in [4.78, 5) is 11.6. The average molecular weight is 262 g/mol. The van der Waals surface area contributed by atoms with Gasteiger partial charge < -0.3 is 5.32 Å². The van der Waals surface area contributed by atoms with Crippen LogP contribution in [0.2, 0.25) is 5.02 Å². The monoisotopic (exact) mass is 261 g/mol. The average Bonchev–Trinajstić information content (AvgIpc) is 2.28. The quantitative estimate of drug-likeness (QED) is 0.903. The zero-order valence-electron chi connectivity index (χ0n) is 9.09. The van der Waals surface area contributed by atoms with E-state index in [4.69, 9.17) is 11.6 Å². The first-order valence-corrected chi connectivity index (χ1v) is 6.47. The number of hydrogen-bond donors (Lipinski definition) is 1. The second-order valence-electron chi connectivity index (χ2n) is 3.38. The van der Waals surface area contributed by atoms with Crippen molar-refractivity contribution in [1.82, 2.24) is 5.32 Å². The summed E-state index contributed by atoms with van der Waals surface area (Å²) in [5.41, 5.74) is -0.0131. The van der Waals surface area contributed by atoms with Gasteiger partial charge in [0.25, 0.3) is 5.91 Å². The molecule has 0 aliphatic heterocycles. The Kier molecular flexibility index (Phi) is 5.09. The molecule has 1 N–H and O–H groups in total. The summed E-state index contributed by atoms with van der Waals surface area (Å²) in [5, 5.41) is 3.31. The Balaban J connectivity index is 2.69. The molecule has 0 aliphatic rings. The molecule has 0 saturated heterocycles. The lowest BCUT2D eigenvalue weighted by Crippen LogP contribution is -2.29. The fourth-order valence-electron chi connectivity index (χ4n) is 1.09. The second-order valence-corrected chi connectivity index (χ2v) is 5.09. The molecule has 1 aromatic carbocycles. The lowest BCUT2D eigenvalue weighted by molar-refractivity contribution is 0.0950. The van der Waals surface area contributed by atoms with Gasteiger partial charge in [0.1, 0.15) is 5.82 Å². The summed E-state index contributed by atoms with van der Waals surface area (Å²) >= 11 is 7.33. The maximum atomic E-state index is 13.3. The third-order valence-corrected chi connectivity index (χ3v) is 3.33. The lowest BCUT2D eigenvalue weighted by atomic mass is 10.2. The van der Waals surface area contributed by atoms with Crippen molar-refractivity contribution >= 4 is 29.3 Å². The van der Waals surface area contributed by atoms with Crippen molar-refractivity contribution < 1.29 is 9.18 Å². The van der Waals surface area contributed by atoms with E-state index in [9.17, 15) is 9.18 Å². The summed E-state index contributed by atoms with van der Waals surface area (Å²) in [7, 11) is 0. The molecule has 0 aromatic heterocycles. The molecule has 5 heteroatoms. The SMILES string of the molecule is CSC(C)CNC(=O)c1cc(Cl)ccc1F. The van der Waals surface area contributed by atoms with Gasteiger partial charge in [0.2, 0.25) is 0 Å². The van der Waals surface area contributed by atoms with E-state index >= 15 is 0 Å². The van der Waals surface area contributed by atoms with Crippen molar-refractivity contribution in [2.75, 3.05) is 12.8 Å². The van der Waals surface area contributed by atoms with Crippen LogP contribution in [0.4, 0.5) is 4.39 Å². The van der Waals surface area contributed by atoms with Gasteiger partial charge in [-0.2, -0.15) is 11.8 Å². The van der Waals surface area contributed by atoms with Crippen LogP contribution in [0, 0.1) is 5.82 Å². The molecule has 88 valence electrons. The van der Waals surface area contributed by atoms with E-state index in [2.05, 4.69) is 5.32 Å². The number of hydrogen-bond acceptors (Lipinski definition) is 2. The predicted molar refractivity (Wildman–Crippen MR) is 66.7 cm³/mol. The Morgan fingerprint density at radius 3 is 2.94 bits per heavy atom. The standard InChI is InChI=1S/C11H13ClFNOS/c1-7(16-2)6-14-11(15)9-5-8(12)3-4-10(9)13/h3-5,7H,6H2,1-2H3,(H,14,15). The number of carbonyl (C=O) groups excluding carboxylic acids is 1. The van der Waals surface area contributed by atoms with Crippen molar-refractivity contribution in [3.8, 4) is 0 Å². The topological polar surface area (TPSA) is 29.1 Å². The Morgan fingerprint density at radius 1 is 1.62 bits per heavy atom. The minimum absolute atomic E-state index is 0.0131. The fraction of sp³-hybridized carbons (Fsp3) is 0.364. The van der Waals surface area contributed by atoms with Gasteiger partial charge in [-0.05, 0) is 24.5 Å². The van der Waals surface area contributed by atoms with Crippen LogP contribution in [0.3, 0.4) is 0 Å². The molecular weight excluding hydrogens is 249 g/mol. The van der Waals surface area contributed by atoms with Crippen LogP contribution >= 0.6 is 23.4 Å². The predicted octanol–water partition coefficient (Wildman–Crippen LogP) is 2.96. The van der Waals surface area contributed by atoms with E-state index in [1.807, 2.05) is 13.2 Å². The highest BCUT2D eigenvalue weighted by atomic mass is 35.5. The molecule has 1 amide bonds. The second kappa shape index (κ2) is 6.11. The van der Waals surface area contributed by atoms with Crippen LogP contribution in [0.1, 0.15) is 17.3 Å². The zero-order valence-corrected chi connectivity index (χ0v) is 10.7. The number of halogens is 2. The molecule has 0 saturated carbocycles. The maximum Gasteiger partial charge on any atom is 0.254 e. The first kappa shape index (κ1) is 13.3. The number of nitrogens with one attached hydrogen (secondary N) is 1. The molecule has 0 spiro atoms. The van der Waals surface area contributed by atoms with Crippen LogP contribution in [-0.2, 0) is 0 Å². The van der Waals surface area contributed by atoms with E-state index in [0.717, 1.165) is 0 Å². The number of benzene rings is 1. The van der Waals surface area contributed by atoms with Gasteiger partial charge in [-0.1, -0.05) is 18.5 Å². The highest BCUT2D eigenvalue weighted by molar-refractivity contribution is 7.99. The molecule has 0 fully saturated rings. The third-order valence-electron chi connectivity index (χ3n) is 2.13. The van der Waals surface area contributed by atoms with Crippen LogP contribution in [-0.4, -0.2) is 24.0 Å². The summed E-state index contributed by atoms with van der Waals surface area (Å²) < 4.78 is 13.3. The smallest absolute Gasteiger partial charge is 0.254 e. The van der Waals surface area contributed by atoms with Crippen molar-refractivity contribution in [1.29, 1.82) is 0 Å². The number of amides is 1. The molecule has 16 heavy (non-hydrogen) atoms. The first-order chi connectivity index (χ1) is 7.54. The van der Waals surface area contributed by atoms with E-state index in [1.165, 1.54) is 18.2 Å². The molecule has 1 rings (SSSR count). The first-order valence-electron chi connectivity index (χ1n) is 4.80. The highest BCUT2D eigenvalue weighted by Gasteiger charge is 2.12. The Morgan fingerprint density at radius 2 is 2.31 bits per heavy atom. The number of carbonyl (C=O) groups is 1. The normalized spacial score (nSPS) is 12.2. The van der Waals surface area contributed by atoms with Gasteiger partial charge in [-0.15, -0.1) is 0 Å². The summed E-state index contributed by atoms with van der Waals surface area (Å²) in [5.74, 6) is -0.986. The van der Waals surface area contributed by atoms with Gasteiger partial charge in [-0.3, -0.25) is 4.79 Å². The largest absolute Gasteiger partial charge is 0.351 e. The minimum Gasteiger partial charge on any atom is -0.351 e. The summed E-state index contributed by atoms with van der Waals surface area (Å²) in [6.07, 6.45) is 1.96. The lowest BCUT2D eigenvalue weighted by Gasteiger charge is -2.10. The van der Waals surface area contributed by atoms with Gasteiger partial charge in [0.15, 0.2) is 0 Å². The molecule has 2 nitrogen and oxygen atoms in total. The zero-order chi connectivity index (χ0) is 12.1. The van der Waals surface area contributed by atoms with Crippen LogP contribution < -0.4 is 5.32 Å². The van der Waals surface area contributed by atoms with Crippen LogP contribution in [0.15, 0.2) is 18.2 Å². The molecule has 0 aliphatic carbocycles. The Bertz CT molecular complexity index is 386. The molecular formula is C11H13ClFNOS. The van der Waals surface area contributed by atoms with Crippen LogP contribution in [0.5, 0.6) is 0 Å². The molecule has 1 unspecified atom stereocenters. The van der Waals surface area contributed by atoms with Crippen molar-refractivity contribution in [2.45, 2.75) is 12.2 Å². The molecule has 0 bridgehead atoms. The van der Waals surface area contributed by atoms with Gasteiger partial charge >= 0.3 is 0 Å². The van der Waals surface area contributed by atoms with Crippen molar-refractivity contribution in [3.63, 3.8) is 0 Å². The third kappa shape index (κ3) is 3.68. The summed E-state index contributed by atoms with van der Waals surface area (Å²) in [6, 6.07) is 3.93. The van der Waals surface area contributed by atoms with Crippen molar-refractivity contribution in [3.05, 3.63) is 34.6 Å². The van der Waals surface area contributed by atoms with E-state index in [0.29, 0.717) is 16.8 Å². The molecule has 0 heterocycles. The fourth-order valence-corrected chi connectivity index (χ4v) is 1.51.